The molecule has 0 aromatic heterocycles. The quantitative estimate of drug-likeness (QED) is 0.628. The molecule has 0 aromatic rings. The van der Waals surface area contributed by atoms with Crippen LogP contribution in [0.15, 0.2) is 0 Å². The Kier molecular flexibility index (Phi) is 7.91. The maximum atomic E-state index is 5.73. The van der Waals surface area contributed by atoms with Crippen LogP contribution in [0.4, 0.5) is 0 Å². The van der Waals surface area contributed by atoms with Gasteiger partial charge in [0.25, 0.3) is 0 Å². The predicted molar refractivity (Wildman–Crippen MR) is 79.6 cm³/mol. The van der Waals surface area contributed by atoms with Crippen molar-refractivity contribution in [2.45, 2.75) is 27.2 Å². The van der Waals surface area contributed by atoms with E-state index in [1.807, 2.05) is 0 Å². The zero-order valence-electron chi connectivity index (χ0n) is 13.3. The summed E-state index contributed by atoms with van der Waals surface area (Å²) >= 11 is 0. The highest BCUT2D eigenvalue weighted by atomic mass is 16.5. The SMILES string of the molecule is COCCN1CCN(CCOCCC(C)(C)C)CC1. The summed E-state index contributed by atoms with van der Waals surface area (Å²) in [6.45, 7) is 16.1. The van der Waals surface area contributed by atoms with E-state index in [2.05, 4.69) is 30.6 Å². The summed E-state index contributed by atoms with van der Waals surface area (Å²) in [6.07, 6.45) is 1.14. The molecule has 1 aliphatic heterocycles. The van der Waals surface area contributed by atoms with Crippen LogP contribution in [0.2, 0.25) is 0 Å². The molecule has 1 rings (SSSR count). The summed E-state index contributed by atoms with van der Waals surface area (Å²) in [6, 6.07) is 0. The molecule has 0 radical (unpaired) electrons. The third-order valence-corrected chi connectivity index (χ3v) is 3.62. The van der Waals surface area contributed by atoms with Gasteiger partial charge in [0.05, 0.1) is 13.2 Å². The van der Waals surface area contributed by atoms with Gasteiger partial charge < -0.3 is 9.47 Å². The third kappa shape index (κ3) is 8.58. The van der Waals surface area contributed by atoms with Gasteiger partial charge in [0.15, 0.2) is 0 Å². The van der Waals surface area contributed by atoms with Gasteiger partial charge in [-0.1, -0.05) is 20.8 Å². The summed E-state index contributed by atoms with van der Waals surface area (Å²) in [7, 11) is 1.77. The standard InChI is InChI=1S/C15H32N2O2/c1-15(2,3)5-12-19-14-11-17-8-6-16(7-9-17)10-13-18-4/h5-14H2,1-4H3. The molecule has 0 spiro atoms. The van der Waals surface area contributed by atoms with E-state index in [0.717, 1.165) is 65.5 Å². The average molecular weight is 272 g/mol. The fourth-order valence-corrected chi connectivity index (χ4v) is 2.13. The summed E-state index contributed by atoms with van der Waals surface area (Å²) in [5, 5.41) is 0. The fourth-order valence-electron chi connectivity index (χ4n) is 2.13. The first-order valence-corrected chi connectivity index (χ1v) is 7.53. The highest BCUT2D eigenvalue weighted by Gasteiger charge is 2.16. The van der Waals surface area contributed by atoms with Crippen LogP contribution >= 0.6 is 0 Å². The number of rotatable bonds is 8. The van der Waals surface area contributed by atoms with Gasteiger partial charge >= 0.3 is 0 Å². The highest BCUT2D eigenvalue weighted by Crippen LogP contribution is 2.17. The second kappa shape index (κ2) is 8.90. The minimum absolute atomic E-state index is 0.382. The monoisotopic (exact) mass is 272 g/mol. The summed E-state index contributed by atoms with van der Waals surface area (Å²) in [4.78, 5) is 4.97. The molecule has 0 aliphatic carbocycles. The molecule has 0 saturated carbocycles. The van der Waals surface area contributed by atoms with Crippen LogP contribution in [0.3, 0.4) is 0 Å². The molecule has 0 unspecified atom stereocenters. The van der Waals surface area contributed by atoms with Gasteiger partial charge in [-0.05, 0) is 11.8 Å². The predicted octanol–water partition coefficient (Wildman–Crippen LogP) is 1.70. The van der Waals surface area contributed by atoms with Gasteiger partial charge in [-0.25, -0.2) is 0 Å². The zero-order valence-corrected chi connectivity index (χ0v) is 13.3. The Morgan fingerprint density at radius 1 is 0.842 bits per heavy atom. The van der Waals surface area contributed by atoms with Crippen molar-refractivity contribution in [3.63, 3.8) is 0 Å². The topological polar surface area (TPSA) is 24.9 Å². The maximum Gasteiger partial charge on any atom is 0.0593 e. The number of piperazine rings is 1. The molecule has 0 N–H and O–H groups in total. The first-order valence-electron chi connectivity index (χ1n) is 7.53. The average Bonchev–Trinajstić information content (AvgIpc) is 2.36. The van der Waals surface area contributed by atoms with Crippen molar-refractivity contribution in [1.82, 2.24) is 9.80 Å². The lowest BCUT2D eigenvalue weighted by Gasteiger charge is -2.34. The van der Waals surface area contributed by atoms with Crippen LogP contribution in [-0.2, 0) is 9.47 Å². The van der Waals surface area contributed by atoms with Gasteiger partial charge in [0.1, 0.15) is 0 Å². The molecule has 0 bridgehead atoms. The Morgan fingerprint density at radius 2 is 1.37 bits per heavy atom. The van der Waals surface area contributed by atoms with Crippen molar-refractivity contribution >= 4 is 0 Å². The normalized spacial score (nSPS) is 18.9. The molecule has 1 heterocycles. The second-order valence-corrected chi connectivity index (χ2v) is 6.60. The fraction of sp³-hybridized carbons (Fsp3) is 1.00. The summed E-state index contributed by atoms with van der Waals surface area (Å²) in [5.74, 6) is 0. The Labute approximate surface area is 119 Å². The number of hydrogen-bond donors (Lipinski definition) is 0. The zero-order chi connectivity index (χ0) is 14.1. The Morgan fingerprint density at radius 3 is 1.84 bits per heavy atom. The van der Waals surface area contributed by atoms with Crippen LogP contribution < -0.4 is 0 Å². The largest absolute Gasteiger partial charge is 0.383 e. The van der Waals surface area contributed by atoms with Gasteiger partial charge in [0, 0.05) is 53.0 Å². The molecule has 4 nitrogen and oxygen atoms in total. The number of hydrogen-bond acceptors (Lipinski definition) is 4. The first kappa shape index (κ1) is 16.9. The van der Waals surface area contributed by atoms with E-state index in [-0.39, 0.29) is 0 Å². The Balaban J connectivity index is 1.97. The van der Waals surface area contributed by atoms with Crippen molar-refractivity contribution in [2.75, 3.05) is 66.2 Å². The van der Waals surface area contributed by atoms with Crippen LogP contribution in [-0.4, -0.2) is 76.0 Å². The molecular weight excluding hydrogens is 240 g/mol. The van der Waals surface area contributed by atoms with E-state index >= 15 is 0 Å². The van der Waals surface area contributed by atoms with Gasteiger partial charge in [0.2, 0.25) is 0 Å². The lowest BCUT2D eigenvalue weighted by Crippen LogP contribution is -2.48. The minimum Gasteiger partial charge on any atom is -0.383 e. The second-order valence-electron chi connectivity index (χ2n) is 6.60. The molecule has 0 amide bonds. The lowest BCUT2D eigenvalue weighted by atomic mass is 9.93. The number of nitrogens with zero attached hydrogens (tertiary/aromatic N) is 2. The highest BCUT2D eigenvalue weighted by molar-refractivity contribution is 4.71. The van der Waals surface area contributed by atoms with Crippen molar-refractivity contribution in [3.05, 3.63) is 0 Å². The molecule has 114 valence electrons. The maximum absolute atomic E-state index is 5.73. The van der Waals surface area contributed by atoms with E-state index in [1.54, 1.807) is 7.11 Å². The summed E-state index contributed by atoms with van der Waals surface area (Å²) in [5.41, 5.74) is 0.382. The molecule has 1 aliphatic rings. The molecule has 4 heteroatoms. The molecule has 19 heavy (non-hydrogen) atoms. The number of methoxy groups -OCH3 is 1. The molecule has 1 fully saturated rings. The van der Waals surface area contributed by atoms with Crippen LogP contribution in [0, 0.1) is 5.41 Å². The van der Waals surface area contributed by atoms with E-state index in [4.69, 9.17) is 9.47 Å². The van der Waals surface area contributed by atoms with Gasteiger partial charge in [-0.15, -0.1) is 0 Å². The third-order valence-electron chi connectivity index (χ3n) is 3.62. The first-order chi connectivity index (χ1) is 9.01. The van der Waals surface area contributed by atoms with Crippen LogP contribution in [0.1, 0.15) is 27.2 Å². The van der Waals surface area contributed by atoms with Gasteiger partial charge in [-0.3, -0.25) is 9.80 Å². The molecule has 1 saturated heterocycles. The van der Waals surface area contributed by atoms with Crippen molar-refractivity contribution in [1.29, 1.82) is 0 Å². The molecule has 0 aromatic carbocycles. The van der Waals surface area contributed by atoms with Crippen molar-refractivity contribution in [2.24, 2.45) is 5.41 Å². The van der Waals surface area contributed by atoms with E-state index in [1.165, 1.54) is 0 Å². The van der Waals surface area contributed by atoms with Crippen molar-refractivity contribution in [3.8, 4) is 0 Å². The van der Waals surface area contributed by atoms with Crippen LogP contribution in [0.25, 0.3) is 0 Å². The summed E-state index contributed by atoms with van der Waals surface area (Å²) < 4.78 is 10.8. The molecule has 0 atom stereocenters. The smallest absolute Gasteiger partial charge is 0.0593 e. The van der Waals surface area contributed by atoms with Crippen molar-refractivity contribution < 1.29 is 9.47 Å². The Bertz CT molecular complexity index is 221. The lowest BCUT2D eigenvalue weighted by molar-refractivity contribution is 0.0577. The molecular formula is C15H32N2O2. The van der Waals surface area contributed by atoms with E-state index in [0.29, 0.717) is 5.41 Å². The van der Waals surface area contributed by atoms with E-state index in [9.17, 15) is 0 Å². The number of ether oxygens (including phenoxy) is 2. The van der Waals surface area contributed by atoms with Gasteiger partial charge in [-0.2, -0.15) is 0 Å². The minimum atomic E-state index is 0.382. The Hall–Kier alpha value is -0.160. The van der Waals surface area contributed by atoms with Crippen LogP contribution in [0.5, 0.6) is 0 Å². The van der Waals surface area contributed by atoms with E-state index < -0.39 is 0 Å².